The minimum absolute atomic E-state index is 0.273. The van der Waals surface area contributed by atoms with Gasteiger partial charge in [-0.2, -0.15) is 0 Å². The summed E-state index contributed by atoms with van der Waals surface area (Å²) in [6, 6.07) is 6.94. The number of methoxy groups -OCH3 is 1. The molecule has 1 aromatic heterocycles. The molecule has 3 rings (SSSR count). The molecule has 0 radical (unpaired) electrons. The van der Waals surface area contributed by atoms with Crippen molar-refractivity contribution in [1.82, 2.24) is 20.2 Å². The SMILES string of the molecule is CCOC(=O)C1=C(CSc2nccn2-c2ccc(OC)cc2)NC(=O)N[C@@H]1CC. The highest BCUT2D eigenvalue weighted by atomic mass is 32.2. The fraction of sp³-hybridized carbons (Fsp3) is 0.350. The van der Waals surface area contributed by atoms with E-state index in [9.17, 15) is 9.59 Å². The second kappa shape index (κ2) is 9.51. The predicted octanol–water partition coefficient (Wildman–Crippen LogP) is 2.88. The summed E-state index contributed by atoms with van der Waals surface area (Å²) in [6.07, 6.45) is 4.17. The van der Waals surface area contributed by atoms with Crippen molar-refractivity contribution in [1.29, 1.82) is 0 Å². The zero-order valence-electron chi connectivity index (χ0n) is 16.6. The Hall–Kier alpha value is -2.94. The molecule has 1 aliphatic heterocycles. The largest absolute Gasteiger partial charge is 0.497 e. The van der Waals surface area contributed by atoms with Crippen LogP contribution in [-0.4, -0.2) is 47.1 Å². The van der Waals surface area contributed by atoms with Gasteiger partial charge in [0.1, 0.15) is 5.75 Å². The lowest BCUT2D eigenvalue weighted by molar-refractivity contribution is -0.139. The van der Waals surface area contributed by atoms with E-state index in [0.29, 0.717) is 23.4 Å². The van der Waals surface area contributed by atoms with Gasteiger partial charge in [0, 0.05) is 29.5 Å². The van der Waals surface area contributed by atoms with Gasteiger partial charge in [0.05, 0.1) is 25.3 Å². The molecule has 8 nitrogen and oxygen atoms in total. The molecule has 1 aromatic carbocycles. The molecule has 1 atom stereocenters. The normalized spacial score (nSPS) is 16.2. The number of hydrogen-bond acceptors (Lipinski definition) is 6. The zero-order valence-corrected chi connectivity index (χ0v) is 17.4. The molecule has 29 heavy (non-hydrogen) atoms. The summed E-state index contributed by atoms with van der Waals surface area (Å²) in [5, 5.41) is 6.28. The minimum Gasteiger partial charge on any atom is -0.497 e. The van der Waals surface area contributed by atoms with Crippen LogP contribution in [0.15, 0.2) is 53.1 Å². The van der Waals surface area contributed by atoms with Gasteiger partial charge in [-0.1, -0.05) is 18.7 Å². The van der Waals surface area contributed by atoms with Crippen molar-refractivity contribution in [2.24, 2.45) is 0 Å². The standard InChI is InChI=1S/C20H24N4O4S/c1-4-15-17(18(25)28-5-2)16(23-19(26)22-15)12-29-20-21-10-11-24(20)13-6-8-14(27-3)9-7-13/h6-11,15H,4-5,12H2,1-3H3,(H2,22,23,26)/t15-/m1/s1. The van der Waals surface area contributed by atoms with E-state index >= 15 is 0 Å². The van der Waals surface area contributed by atoms with Gasteiger partial charge in [-0.25, -0.2) is 14.6 Å². The number of benzene rings is 1. The van der Waals surface area contributed by atoms with E-state index in [1.165, 1.54) is 11.8 Å². The lowest BCUT2D eigenvalue weighted by Gasteiger charge is -2.28. The number of nitrogens with one attached hydrogen (secondary N) is 2. The summed E-state index contributed by atoms with van der Waals surface area (Å²) in [6.45, 7) is 3.94. The molecule has 0 unspecified atom stereocenters. The van der Waals surface area contributed by atoms with Gasteiger partial charge in [0.25, 0.3) is 0 Å². The summed E-state index contributed by atoms with van der Waals surface area (Å²) in [5.41, 5.74) is 1.95. The molecule has 0 spiro atoms. The minimum atomic E-state index is -0.416. The van der Waals surface area contributed by atoms with E-state index in [1.54, 1.807) is 20.2 Å². The Bertz CT molecular complexity index is 907. The van der Waals surface area contributed by atoms with Crippen molar-refractivity contribution >= 4 is 23.8 Å². The number of nitrogens with zero attached hydrogens (tertiary/aromatic N) is 2. The Balaban J connectivity index is 1.84. The molecule has 0 bridgehead atoms. The van der Waals surface area contributed by atoms with E-state index in [4.69, 9.17) is 9.47 Å². The molecule has 9 heteroatoms. The molecule has 2 amide bonds. The third-order valence-electron chi connectivity index (χ3n) is 4.45. The summed E-state index contributed by atoms with van der Waals surface area (Å²) >= 11 is 1.43. The Morgan fingerprint density at radius 2 is 2.03 bits per heavy atom. The average Bonchev–Trinajstić information content (AvgIpc) is 3.20. The Morgan fingerprint density at radius 3 is 2.69 bits per heavy atom. The van der Waals surface area contributed by atoms with Crippen LogP contribution in [0.2, 0.25) is 0 Å². The molecule has 0 fully saturated rings. The fourth-order valence-electron chi connectivity index (χ4n) is 3.05. The van der Waals surface area contributed by atoms with Gasteiger partial charge in [-0.15, -0.1) is 0 Å². The van der Waals surface area contributed by atoms with Crippen molar-refractivity contribution < 1.29 is 19.1 Å². The number of carbonyl (C=O) groups excluding carboxylic acids is 2. The van der Waals surface area contributed by atoms with Gasteiger partial charge in [0.2, 0.25) is 0 Å². The first kappa shape index (κ1) is 20.8. The highest BCUT2D eigenvalue weighted by molar-refractivity contribution is 7.99. The Kier molecular flexibility index (Phi) is 6.82. The molecule has 154 valence electrons. The van der Waals surface area contributed by atoms with E-state index in [0.717, 1.165) is 16.6 Å². The Labute approximate surface area is 173 Å². The van der Waals surface area contributed by atoms with E-state index in [2.05, 4.69) is 15.6 Å². The number of imidazole rings is 1. The Morgan fingerprint density at radius 1 is 1.28 bits per heavy atom. The average molecular weight is 417 g/mol. The maximum atomic E-state index is 12.5. The topological polar surface area (TPSA) is 94.5 Å². The molecule has 1 aliphatic rings. The van der Waals surface area contributed by atoms with Gasteiger partial charge in [-0.3, -0.25) is 4.57 Å². The van der Waals surface area contributed by atoms with Crippen LogP contribution in [-0.2, 0) is 9.53 Å². The fourth-order valence-corrected chi connectivity index (χ4v) is 3.99. The second-order valence-electron chi connectivity index (χ2n) is 6.24. The van der Waals surface area contributed by atoms with Crippen LogP contribution in [0.3, 0.4) is 0 Å². The molecule has 2 aromatic rings. The van der Waals surface area contributed by atoms with Crippen LogP contribution in [0.5, 0.6) is 5.75 Å². The maximum Gasteiger partial charge on any atom is 0.337 e. The number of hydrogen-bond donors (Lipinski definition) is 2. The van der Waals surface area contributed by atoms with Crippen LogP contribution >= 0.6 is 11.8 Å². The first-order valence-electron chi connectivity index (χ1n) is 9.35. The number of amides is 2. The number of esters is 1. The smallest absolute Gasteiger partial charge is 0.337 e. The van der Waals surface area contributed by atoms with Crippen LogP contribution in [0.4, 0.5) is 4.79 Å². The zero-order chi connectivity index (χ0) is 20.8. The quantitative estimate of drug-likeness (QED) is 0.508. The first-order chi connectivity index (χ1) is 14.1. The van der Waals surface area contributed by atoms with Crippen molar-refractivity contribution in [2.45, 2.75) is 31.5 Å². The summed E-state index contributed by atoms with van der Waals surface area (Å²) in [5.74, 6) is 0.738. The summed E-state index contributed by atoms with van der Waals surface area (Å²) in [7, 11) is 1.62. The third-order valence-corrected chi connectivity index (χ3v) is 5.44. The predicted molar refractivity (Wildman–Crippen MR) is 110 cm³/mol. The van der Waals surface area contributed by atoms with E-state index in [-0.39, 0.29) is 18.7 Å². The van der Waals surface area contributed by atoms with Crippen LogP contribution < -0.4 is 15.4 Å². The number of thioether (sulfide) groups is 1. The van der Waals surface area contributed by atoms with E-state index < -0.39 is 5.97 Å². The molecular weight excluding hydrogens is 392 g/mol. The van der Waals surface area contributed by atoms with Crippen molar-refractivity contribution in [3.63, 3.8) is 0 Å². The monoisotopic (exact) mass is 416 g/mol. The number of urea groups is 1. The summed E-state index contributed by atoms with van der Waals surface area (Å²) in [4.78, 5) is 28.9. The van der Waals surface area contributed by atoms with Crippen molar-refractivity contribution in [2.75, 3.05) is 19.5 Å². The lowest BCUT2D eigenvalue weighted by atomic mass is 10.0. The van der Waals surface area contributed by atoms with Gasteiger partial charge >= 0.3 is 12.0 Å². The number of aromatic nitrogens is 2. The lowest BCUT2D eigenvalue weighted by Crippen LogP contribution is -2.50. The molecule has 0 saturated carbocycles. The van der Waals surface area contributed by atoms with Crippen LogP contribution in [0.1, 0.15) is 20.3 Å². The van der Waals surface area contributed by atoms with E-state index in [1.807, 2.05) is 42.0 Å². The van der Waals surface area contributed by atoms with Crippen LogP contribution in [0, 0.1) is 0 Å². The molecule has 0 saturated heterocycles. The molecule has 0 aliphatic carbocycles. The summed E-state index contributed by atoms with van der Waals surface area (Å²) < 4.78 is 12.3. The number of carbonyl (C=O) groups is 2. The van der Waals surface area contributed by atoms with Crippen molar-refractivity contribution in [3.8, 4) is 11.4 Å². The van der Waals surface area contributed by atoms with Gasteiger partial charge in [0.15, 0.2) is 5.16 Å². The highest BCUT2D eigenvalue weighted by Crippen LogP contribution is 2.26. The van der Waals surface area contributed by atoms with Crippen LogP contribution in [0.25, 0.3) is 5.69 Å². The van der Waals surface area contributed by atoms with Gasteiger partial charge in [-0.05, 0) is 37.6 Å². The number of rotatable bonds is 8. The van der Waals surface area contributed by atoms with Gasteiger partial charge < -0.3 is 20.1 Å². The molecular formula is C20H24N4O4S. The molecule has 2 N–H and O–H groups in total. The molecule has 2 heterocycles. The maximum absolute atomic E-state index is 12.5. The van der Waals surface area contributed by atoms with Crippen molar-refractivity contribution in [3.05, 3.63) is 47.9 Å². The third kappa shape index (κ3) is 4.73. The second-order valence-corrected chi connectivity index (χ2v) is 7.18. The number of ether oxygens (including phenoxy) is 2. The highest BCUT2D eigenvalue weighted by Gasteiger charge is 2.31. The first-order valence-corrected chi connectivity index (χ1v) is 10.3.